The molecule has 0 saturated carbocycles. The molecule has 0 aliphatic rings. The average molecular weight is 348 g/mol. The first-order valence-electron chi connectivity index (χ1n) is 8.08. The van der Waals surface area contributed by atoms with Gasteiger partial charge in [-0.3, -0.25) is 0 Å². The van der Waals surface area contributed by atoms with E-state index in [4.69, 9.17) is 4.74 Å². The van der Waals surface area contributed by atoms with E-state index in [0.29, 0.717) is 24.1 Å². The Kier molecular flexibility index (Phi) is 4.70. The zero-order chi connectivity index (χ0) is 18.0. The van der Waals surface area contributed by atoms with E-state index in [9.17, 15) is 13.2 Å². The normalized spacial score (nSPS) is 11.9. The number of halogens is 3. The van der Waals surface area contributed by atoms with Crippen LogP contribution in [0.1, 0.15) is 23.4 Å². The summed E-state index contributed by atoms with van der Waals surface area (Å²) in [5.41, 5.74) is 3.02. The Hall–Kier alpha value is -2.50. The SMILES string of the molecule is Cc1cc(C)cc(OCCCn2c(C(F)(F)F)nc3ccccc32)c1. The molecule has 3 aromatic rings. The van der Waals surface area contributed by atoms with Crippen molar-refractivity contribution in [1.29, 1.82) is 0 Å². The number of aromatic nitrogens is 2. The number of rotatable bonds is 5. The average Bonchev–Trinajstić information content (AvgIpc) is 2.90. The molecule has 0 spiro atoms. The molecule has 0 aliphatic heterocycles. The number of ether oxygens (including phenoxy) is 1. The van der Waals surface area contributed by atoms with Crippen LogP contribution in [0.25, 0.3) is 11.0 Å². The van der Waals surface area contributed by atoms with Crippen LogP contribution in [0.4, 0.5) is 13.2 Å². The van der Waals surface area contributed by atoms with E-state index in [1.54, 1.807) is 24.3 Å². The molecular formula is C19H19F3N2O. The van der Waals surface area contributed by atoms with E-state index in [1.165, 1.54) is 4.57 Å². The number of nitrogens with zero attached hydrogens (tertiary/aromatic N) is 2. The monoisotopic (exact) mass is 348 g/mol. The minimum absolute atomic E-state index is 0.195. The van der Waals surface area contributed by atoms with Gasteiger partial charge in [-0.1, -0.05) is 18.2 Å². The van der Waals surface area contributed by atoms with Crippen molar-refractivity contribution in [3.63, 3.8) is 0 Å². The summed E-state index contributed by atoms with van der Waals surface area (Å²) in [6, 6.07) is 12.5. The zero-order valence-corrected chi connectivity index (χ0v) is 14.1. The van der Waals surface area contributed by atoms with Gasteiger partial charge in [-0.25, -0.2) is 4.98 Å². The summed E-state index contributed by atoms with van der Waals surface area (Å²) in [6.07, 6.45) is -4.02. The van der Waals surface area contributed by atoms with Crippen LogP contribution in [0, 0.1) is 13.8 Å². The maximum atomic E-state index is 13.2. The Balaban J connectivity index is 1.72. The van der Waals surface area contributed by atoms with Gasteiger partial charge in [0.25, 0.3) is 0 Å². The quantitative estimate of drug-likeness (QED) is 0.597. The summed E-state index contributed by atoms with van der Waals surface area (Å²) in [5, 5.41) is 0. The Morgan fingerprint density at radius 2 is 1.72 bits per heavy atom. The van der Waals surface area contributed by atoms with Crippen LogP contribution < -0.4 is 4.74 Å². The fraction of sp³-hybridized carbons (Fsp3) is 0.316. The van der Waals surface area contributed by atoms with Crippen molar-refractivity contribution in [2.24, 2.45) is 0 Å². The van der Waals surface area contributed by atoms with Crippen molar-refractivity contribution in [3.05, 3.63) is 59.4 Å². The predicted octanol–water partition coefficient (Wildman–Crippen LogP) is 5.14. The number of alkyl halides is 3. The molecule has 0 radical (unpaired) electrons. The largest absolute Gasteiger partial charge is 0.494 e. The molecule has 0 saturated heterocycles. The van der Waals surface area contributed by atoms with Gasteiger partial charge in [-0.15, -0.1) is 0 Å². The maximum Gasteiger partial charge on any atom is 0.449 e. The first-order valence-corrected chi connectivity index (χ1v) is 8.08. The third-order valence-corrected chi connectivity index (χ3v) is 3.90. The summed E-state index contributed by atoms with van der Waals surface area (Å²) in [6.45, 7) is 4.49. The van der Waals surface area contributed by atoms with Gasteiger partial charge < -0.3 is 9.30 Å². The standard InChI is InChI=1S/C19H19F3N2O/c1-13-10-14(2)12-15(11-13)25-9-5-8-24-17-7-4-3-6-16(17)23-18(24)19(20,21)22/h3-4,6-7,10-12H,5,8-9H2,1-2H3. The Morgan fingerprint density at radius 1 is 1.04 bits per heavy atom. The van der Waals surface area contributed by atoms with E-state index < -0.39 is 12.0 Å². The van der Waals surface area contributed by atoms with Crippen molar-refractivity contribution in [3.8, 4) is 5.75 Å². The highest BCUT2D eigenvalue weighted by atomic mass is 19.4. The Bertz CT molecular complexity index is 864. The molecule has 0 amide bonds. The first kappa shape index (κ1) is 17.3. The van der Waals surface area contributed by atoms with Crippen LogP contribution in [0.2, 0.25) is 0 Å². The maximum absolute atomic E-state index is 13.2. The molecule has 1 aromatic heterocycles. The highest BCUT2D eigenvalue weighted by Gasteiger charge is 2.37. The number of fused-ring (bicyclic) bond motifs is 1. The summed E-state index contributed by atoms with van der Waals surface area (Å²) < 4.78 is 46.6. The summed E-state index contributed by atoms with van der Waals surface area (Å²) in [7, 11) is 0. The van der Waals surface area contributed by atoms with Crippen LogP contribution in [0.5, 0.6) is 5.75 Å². The Morgan fingerprint density at radius 3 is 2.40 bits per heavy atom. The topological polar surface area (TPSA) is 27.1 Å². The minimum Gasteiger partial charge on any atom is -0.494 e. The van der Waals surface area contributed by atoms with Crippen molar-refractivity contribution in [1.82, 2.24) is 9.55 Å². The molecule has 132 valence electrons. The number of hydrogen-bond donors (Lipinski definition) is 0. The molecule has 2 aromatic carbocycles. The Labute approximate surface area is 144 Å². The smallest absolute Gasteiger partial charge is 0.449 e. The molecule has 0 atom stereocenters. The van der Waals surface area contributed by atoms with E-state index >= 15 is 0 Å². The van der Waals surface area contributed by atoms with Crippen LogP contribution in [0.3, 0.4) is 0 Å². The number of imidazole rings is 1. The van der Waals surface area contributed by atoms with Crippen molar-refractivity contribution >= 4 is 11.0 Å². The second kappa shape index (κ2) is 6.78. The lowest BCUT2D eigenvalue weighted by molar-refractivity contribution is -0.147. The van der Waals surface area contributed by atoms with Crippen LogP contribution >= 0.6 is 0 Å². The lowest BCUT2D eigenvalue weighted by Gasteiger charge is -2.12. The second-order valence-corrected chi connectivity index (χ2v) is 6.10. The number of para-hydroxylation sites is 2. The highest BCUT2D eigenvalue weighted by molar-refractivity contribution is 5.76. The number of benzene rings is 2. The van der Waals surface area contributed by atoms with Gasteiger partial charge in [-0.05, 0) is 55.7 Å². The van der Waals surface area contributed by atoms with Gasteiger partial charge in [0.1, 0.15) is 5.75 Å². The third-order valence-electron chi connectivity index (χ3n) is 3.90. The van der Waals surface area contributed by atoms with E-state index in [0.717, 1.165) is 16.9 Å². The van der Waals surface area contributed by atoms with Crippen molar-refractivity contribution in [2.75, 3.05) is 6.61 Å². The lowest BCUT2D eigenvalue weighted by atomic mass is 10.1. The zero-order valence-electron chi connectivity index (χ0n) is 14.1. The van der Waals surface area contributed by atoms with Gasteiger partial charge in [-0.2, -0.15) is 13.2 Å². The van der Waals surface area contributed by atoms with E-state index in [2.05, 4.69) is 4.98 Å². The number of aryl methyl sites for hydroxylation is 3. The molecule has 6 heteroatoms. The lowest BCUT2D eigenvalue weighted by Crippen LogP contribution is -2.16. The summed E-state index contributed by atoms with van der Waals surface area (Å²) in [5.74, 6) is -0.121. The van der Waals surface area contributed by atoms with Crippen LogP contribution in [0.15, 0.2) is 42.5 Å². The first-order chi connectivity index (χ1) is 11.8. The summed E-state index contributed by atoms with van der Waals surface area (Å²) in [4.78, 5) is 3.74. The molecule has 1 heterocycles. The minimum atomic E-state index is -4.48. The fourth-order valence-electron chi connectivity index (χ4n) is 2.95. The number of hydrogen-bond acceptors (Lipinski definition) is 2. The second-order valence-electron chi connectivity index (χ2n) is 6.10. The molecular weight excluding hydrogens is 329 g/mol. The van der Waals surface area contributed by atoms with E-state index in [1.807, 2.05) is 32.0 Å². The summed E-state index contributed by atoms with van der Waals surface area (Å²) >= 11 is 0. The van der Waals surface area contributed by atoms with Gasteiger partial charge in [0.05, 0.1) is 17.6 Å². The van der Waals surface area contributed by atoms with Gasteiger partial charge in [0, 0.05) is 6.54 Å². The van der Waals surface area contributed by atoms with Gasteiger partial charge in [0.15, 0.2) is 0 Å². The van der Waals surface area contributed by atoms with Gasteiger partial charge in [0.2, 0.25) is 5.82 Å². The van der Waals surface area contributed by atoms with Crippen LogP contribution in [-0.4, -0.2) is 16.2 Å². The fourth-order valence-corrected chi connectivity index (χ4v) is 2.95. The molecule has 0 fully saturated rings. The van der Waals surface area contributed by atoms with Crippen molar-refractivity contribution in [2.45, 2.75) is 33.0 Å². The third kappa shape index (κ3) is 3.95. The molecule has 25 heavy (non-hydrogen) atoms. The molecule has 0 N–H and O–H groups in total. The molecule has 3 nitrogen and oxygen atoms in total. The van der Waals surface area contributed by atoms with Crippen molar-refractivity contribution < 1.29 is 17.9 Å². The van der Waals surface area contributed by atoms with Gasteiger partial charge >= 0.3 is 6.18 Å². The molecule has 0 aliphatic carbocycles. The molecule has 0 bridgehead atoms. The highest BCUT2D eigenvalue weighted by Crippen LogP contribution is 2.31. The van der Waals surface area contributed by atoms with Crippen LogP contribution in [-0.2, 0) is 12.7 Å². The predicted molar refractivity (Wildman–Crippen MR) is 90.8 cm³/mol. The molecule has 0 unspecified atom stereocenters. The van der Waals surface area contributed by atoms with E-state index in [-0.39, 0.29) is 6.54 Å². The molecule has 3 rings (SSSR count).